The molecule has 1 aromatic carbocycles. The van der Waals surface area contributed by atoms with Crippen molar-refractivity contribution in [2.24, 2.45) is 5.73 Å². The van der Waals surface area contributed by atoms with E-state index in [0.717, 1.165) is 0 Å². The van der Waals surface area contributed by atoms with Crippen LogP contribution in [0.1, 0.15) is 18.9 Å². The van der Waals surface area contributed by atoms with Crippen molar-refractivity contribution in [2.45, 2.75) is 25.1 Å². The van der Waals surface area contributed by atoms with Gasteiger partial charge in [-0.15, -0.1) is 12.4 Å². The predicted octanol–water partition coefficient (Wildman–Crippen LogP) is 1.27. The number of nitrogens with one attached hydrogen (secondary N) is 1. The third kappa shape index (κ3) is 7.37. The predicted molar refractivity (Wildman–Crippen MR) is 79.1 cm³/mol. The van der Waals surface area contributed by atoms with E-state index in [9.17, 15) is 8.42 Å². The number of hydrogen-bond donors (Lipinski definition) is 2. The summed E-state index contributed by atoms with van der Waals surface area (Å²) in [5.41, 5.74) is 6.26. The van der Waals surface area contributed by atoms with Gasteiger partial charge in [0.15, 0.2) is 0 Å². The van der Waals surface area contributed by atoms with Crippen LogP contribution in [0.3, 0.4) is 0 Å². The minimum absolute atomic E-state index is 0. The van der Waals surface area contributed by atoms with Crippen LogP contribution < -0.4 is 15.2 Å². The van der Waals surface area contributed by atoms with Crippen LogP contribution in [-0.2, 0) is 15.8 Å². The number of hydrogen-bond acceptors (Lipinski definition) is 4. The first-order valence-electron chi connectivity index (χ1n) is 5.79. The molecule has 1 aromatic rings. The van der Waals surface area contributed by atoms with Gasteiger partial charge < -0.3 is 10.5 Å². The van der Waals surface area contributed by atoms with Crippen LogP contribution in [-0.4, -0.2) is 28.1 Å². The number of benzene rings is 1. The Balaban J connectivity index is 0.00000324. The third-order valence-corrected chi connectivity index (χ3v) is 3.77. The lowest BCUT2D eigenvalue weighted by atomic mass is 10.2. The highest BCUT2D eigenvalue weighted by Gasteiger charge is 2.11. The van der Waals surface area contributed by atoms with E-state index in [1.807, 2.05) is 6.92 Å². The first-order chi connectivity index (χ1) is 8.43. The Bertz CT molecular complexity index is 478. The Labute approximate surface area is 121 Å². The average Bonchev–Trinajstić information content (AvgIpc) is 2.27. The number of sulfonamides is 1. The van der Waals surface area contributed by atoms with Crippen molar-refractivity contribution in [3.05, 3.63) is 29.8 Å². The molecule has 0 saturated heterocycles. The van der Waals surface area contributed by atoms with Gasteiger partial charge in [-0.2, -0.15) is 0 Å². The molecule has 1 rings (SSSR count). The summed E-state index contributed by atoms with van der Waals surface area (Å²) in [5, 5.41) is 0. The van der Waals surface area contributed by atoms with Gasteiger partial charge in [-0.25, -0.2) is 13.1 Å². The highest BCUT2D eigenvalue weighted by atomic mass is 35.5. The van der Waals surface area contributed by atoms with Crippen molar-refractivity contribution in [3.63, 3.8) is 0 Å². The second-order valence-electron chi connectivity index (χ2n) is 4.27. The normalized spacial score (nSPS) is 12.6. The van der Waals surface area contributed by atoms with Crippen molar-refractivity contribution in [1.29, 1.82) is 0 Å². The Kier molecular flexibility index (Phi) is 8.01. The van der Waals surface area contributed by atoms with Gasteiger partial charge >= 0.3 is 0 Å². The standard InChI is InChI=1S/C12H20N2O3S.ClH/c1-10(13)6-7-14-18(15,16)9-11-4-3-5-12(8-11)17-2;/h3-5,8,10,14H,6-7,9,13H2,1-2H3;1H. The fourth-order valence-corrected chi connectivity index (χ4v) is 2.62. The Morgan fingerprint density at radius 1 is 1.42 bits per heavy atom. The average molecular weight is 309 g/mol. The molecule has 0 bridgehead atoms. The van der Waals surface area contributed by atoms with Crippen molar-refractivity contribution in [1.82, 2.24) is 4.72 Å². The Morgan fingerprint density at radius 2 is 2.11 bits per heavy atom. The van der Waals surface area contributed by atoms with Gasteiger partial charge in [0.25, 0.3) is 0 Å². The van der Waals surface area contributed by atoms with Crippen LogP contribution >= 0.6 is 12.4 Å². The highest BCUT2D eigenvalue weighted by Crippen LogP contribution is 2.14. The lowest BCUT2D eigenvalue weighted by Gasteiger charge is -2.09. The molecule has 0 amide bonds. The second kappa shape index (κ2) is 8.37. The minimum Gasteiger partial charge on any atom is -0.497 e. The summed E-state index contributed by atoms with van der Waals surface area (Å²) in [6.45, 7) is 2.21. The van der Waals surface area contributed by atoms with Crippen LogP contribution in [0.25, 0.3) is 0 Å². The molecule has 1 unspecified atom stereocenters. The van der Waals surface area contributed by atoms with Gasteiger partial charge in [0, 0.05) is 12.6 Å². The molecular formula is C12H21ClN2O3S. The van der Waals surface area contributed by atoms with Crippen molar-refractivity contribution in [2.75, 3.05) is 13.7 Å². The lowest BCUT2D eigenvalue weighted by molar-refractivity contribution is 0.414. The molecule has 0 aliphatic rings. The minimum atomic E-state index is -3.32. The maximum atomic E-state index is 11.8. The Hall–Kier alpha value is -0.820. The molecule has 0 saturated carbocycles. The van der Waals surface area contributed by atoms with Crippen molar-refractivity contribution < 1.29 is 13.2 Å². The first kappa shape index (κ1) is 18.2. The van der Waals surface area contributed by atoms with Crippen molar-refractivity contribution >= 4 is 22.4 Å². The highest BCUT2D eigenvalue weighted by molar-refractivity contribution is 7.88. The summed E-state index contributed by atoms with van der Waals surface area (Å²) in [4.78, 5) is 0. The summed E-state index contributed by atoms with van der Waals surface area (Å²) >= 11 is 0. The number of methoxy groups -OCH3 is 1. The van der Waals surface area contributed by atoms with E-state index in [1.54, 1.807) is 31.4 Å². The number of rotatable bonds is 7. The van der Waals surface area contributed by atoms with Crippen LogP contribution in [0.2, 0.25) is 0 Å². The number of nitrogens with two attached hydrogens (primary N) is 1. The van der Waals surface area contributed by atoms with Gasteiger partial charge in [-0.3, -0.25) is 0 Å². The quantitative estimate of drug-likeness (QED) is 0.795. The lowest BCUT2D eigenvalue weighted by Crippen LogP contribution is -2.29. The first-order valence-corrected chi connectivity index (χ1v) is 7.44. The molecule has 0 aliphatic heterocycles. The molecule has 0 aliphatic carbocycles. The van der Waals surface area contributed by atoms with Gasteiger partial charge in [-0.1, -0.05) is 12.1 Å². The van der Waals surface area contributed by atoms with Crippen LogP contribution in [0, 0.1) is 0 Å². The zero-order chi connectivity index (χ0) is 13.6. The molecule has 0 aromatic heterocycles. The summed E-state index contributed by atoms with van der Waals surface area (Å²) < 4.78 is 31.2. The fraction of sp³-hybridized carbons (Fsp3) is 0.500. The van der Waals surface area contributed by atoms with Gasteiger partial charge in [0.1, 0.15) is 5.75 Å². The molecule has 7 heteroatoms. The molecule has 5 nitrogen and oxygen atoms in total. The summed E-state index contributed by atoms with van der Waals surface area (Å²) in [6, 6.07) is 7.01. The molecule has 0 radical (unpaired) electrons. The number of halogens is 1. The summed E-state index contributed by atoms with van der Waals surface area (Å²) in [7, 11) is -1.77. The summed E-state index contributed by atoms with van der Waals surface area (Å²) in [6.07, 6.45) is 0.622. The molecule has 0 spiro atoms. The van der Waals surface area contributed by atoms with E-state index in [-0.39, 0.29) is 24.2 Å². The maximum Gasteiger partial charge on any atom is 0.215 e. The van der Waals surface area contributed by atoms with E-state index < -0.39 is 10.0 Å². The molecule has 3 N–H and O–H groups in total. The molecule has 0 fully saturated rings. The fourth-order valence-electron chi connectivity index (χ4n) is 1.47. The molecule has 1 atom stereocenters. The molecular weight excluding hydrogens is 288 g/mol. The molecule has 0 heterocycles. The SMILES string of the molecule is COc1cccc(CS(=O)(=O)NCCC(C)N)c1.Cl. The van der Waals surface area contributed by atoms with E-state index in [2.05, 4.69) is 4.72 Å². The zero-order valence-electron chi connectivity index (χ0n) is 11.1. The monoisotopic (exact) mass is 308 g/mol. The molecule has 19 heavy (non-hydrogen) atoms. The van der Waals surface area contributed by atoms with Crippen LogP contribution in [0.15, 0.2) is 24.3 Å². The van der Waals surface area contributed by atoms with E-state index >= 15 is 0 Å². The Morgan fingerprint density at radius 3 is 2.68 bits per heavy atom. The van der Waals surface area contributed by atoms with E-state index in [1.165, 1.54) is 0 Å². The topological polar surface area (TPSA) is 81.4 Å². The smallest absolute Gasteiger partial charge is 0.215 e. The molecule has 110 valence electrons. The van der Waals surface area contributed by atoms with E-state index in [0.29, 0.717) is 24.3 Å². The van der Waals surface area contributed by atoms with Gasteiger partial charge in [-0.05, 0) is 31.0 Å². The zero-order valence-corrected chi connectivity index (χ0v) is 12.8. The van der Waals surface area contributed by atoms with Gasteiger partial charge in [0.05, 0.1) is 12.9 Å². The second-order valence-corrected chi connectivity index (χ2v) is 6.08. The van der Waals surface area contributed by atoms with Crippen molar-refractivity contribution in [3.8, 4) is 5.75 Å². The van der Waals surface area contributed by atoms with E-state index in [4.69, 9.17) is 10.5 Å². The summed E-state index contributed by atoms with van der Waals surface area (Å²) in [5.74, 6) is 0.599. The maximum absolute atomic E-state index is 11.8. The number of ether oxygens (including phenoxy) is 1. The third-order valence-electron chi connectivity index (χ3n) is 2.41. The van der Waals surface area contributed by atoms with Crippen LogP contribution in [0.5, 0.6) is 5.75 Å². The largest absolute Gasteiger partial charge is 0.497 e. The van der Waals surface area contributed by atoms with Crippen LogP contribution in [0.4, 0.5) is 0 Å². The van der Waals surface area contributed by atoms with Gasteiger partial charge in [0.2, 0.25) is 10.0 Å².